The van der Waals surface area contributed by atoms with E-state index < -0.39 is 0 Å². The highest BCUT2D eigenvalue weighted by Gasteiger charge is 2.26. The molecule has 1 saturated heterocycles. The summed E-state index contributed by atoms with van der Waals surface area (Å²) in [6.07, 6.45) is 1.66. The number of piperidine rings is 1. The van der Waals surface area contributed by atoms with Crippen molar-refractivity contribution in [2.75, 3.05) is 33.4 Å². The number of carbonyl (C=O) groups excluding carboxylic acids is 2. The molecule has 0 bridgehead atoms. The molecule has 2 aliphatic rings. The van der Waals surface area contributed by atoms with Gasteiger partial charge in [0.15, 0.2) is 0 Å². The fraction of sp³-hybridized carbons (Fsp3) is 0.542. The number of carbonyl (C=O) groups is 2. The number of hydrogen-bond donors (Lipinski definition) is 0. The highest BCUT2D eigenvalue weighted by molar-refractivity contribution is 5.76. The minimum Gasteiger partial charge on any atom is -0.491 e. The van der Waals surface area contributed by atoms with E-state index >= 15 is 0 Å². The molecule has 1 aromatic heterocycles. The Bertz CT molecular complexity index is 978. The molecule has 1 amide bonds. The van der Waals surface area contributed by atoms with Gasteiger partial charge in [0.25, 0.3) is 0 Å². The van der Waals surface area contributed by atoms with Crippen LogP contribution in [0.5, 0.6) is 5.75 Å². The molecule has 2 aliphatic heterocycles. The number of aromatic nitrogens is 2. The first kappa shape index (κ1) is 22.3. The predicted octanol–water partition coefficient (Wildman–Crippen LogP) is 2.31. The molecule has 0 unspecified atom stereocenters. The SMILES string of the molecule is COC(=O)C1CCN(Cc2ccc3c(c2)CN(C(=O)Cn2nc(C)cc2C)CCO3)CC1. The molecule has 4 rings (SSSR count). The molecular weight excluding hydrogens is 408 g/mol. The Hall–Kier alpha value is -2.87. The molecule has 8 nitrogen and oxygen atoms in total. The number of aryl methyl sites for hydroxylation is 2. The quantitative estimate of drug-likeness (QED) is 0.664. The molecule has 1 fully saturated rings. The number of rotatable bonds is 5. The maximum Gasteiger partial charge on any atom is 0.308 e. The molecular formula is C24H32N4O4. The maximum atomic E-state index is 13.0. The molecule has 0 atom stereocenters. The number of ether oxygens (including phenoxy) is 2. The normalized spacial score (nSPS) is 17.4. The molecule has 2 aromatic rings. The molecule has 0 aliphatic carbocycles. The third-order valence-corrected chi connectivity index (χ3v) is 6.37. The van der Waals surface area contributed by atoms with Crippen LogP contribution in [0.15, 0.2) is 24.3 Å². The lowest BCUT2D eigenvalue weighted by atomic mass is 9.96. The molecule has 8 heteroatoms. The monoisotopic (exact) mass is 440 g/mol. The van der Waals surface area contributed by atoms with Gasteiger partial charge < -0.3 is 14.4 Å². The molecule has 3 heterocycles. The number of esters is 1. The summed E-state index contributed by atoms with van der Waals surface area (Å²) in [5.74, 6) is 0.804. The third kappa shape index (κ3) is 5.12. The van der Waals surface area contributed by atoms with E-state index in [2.05, 4.69) is 22.1 Å². The van der Waals surface area contributed by atoms with E-state index in [1.165, 1.54) is 12.7 Å². The second-order valence-corrected chi connectivity index (χ2v) is 8.76. The summed E-state index contributed by atoms with van der Waals surface area (Å²) in [4.78, 5) is 28.9. The van der Waals surface area contributed by atoms with Crippen LogP contribution >= 0.6 is 0 Å². The highest BCUT2D eigenvalue weighted by atomic mass is 16.5. The highest BCUT2D eigenvalue weighted by Crippen LogP contribution is 2.26. The molecule has 0 spiro atoms. The lowest BCUT2D eigenvalue weighted by molar-refractivity contribution is -0.147. The smallest absolute Gasteiger partial charge is 0.308 e. The lowest BCUT2D eigenvalue weighted by Gasteiger charge is -2.30. The van der Waals surface area contributed by atoms with Gasteiger partial charge in [0.05, 0.1) is 25.3 Å². The first-order valence-corrected chi connectivity index (χ1v) is 11.3. The number of amides is 1. The lowest BCUT2D eigenvalue weighted by Crippen LogP contribution is -2.36. The van der Waals surface area contributed by atoms with Crippen molar-refractivity contribution in [3.05, 3.63) is 46.8 Å². The van der Waals surface area contributed by atoms with E-state index in [-0.39, 0.29) is 24.3 Å². The molecule has 0 saturated carbocycles. The molecule has 0 radical (unpaired) electrons. The Labute approximate surface area is 189 Å². The van der Waals surface area contributed by atoms with E-state index in [0.29, 0.717) is 19.7 Å². The van der Waals surface area contributed by atoms with E-state index in [9.17, 15) is 9.59 Å². The second kappa shape index (κ2) is 9.73. The summed E-state index contributed by atoms with van der Waals surface area (Å²) in [5.41, 5.74) is 4.13. The van der Waals surface area contributed by atoms with Crippen molar-refractivity contribution >= 4 is 11.9 Å². The van der Waals surface area contributed by atoms with E-state index in [4.69, 9.17) is 9.47 Å². The van der Waals surface area contributed by atoms with E-state index in [1.807, 2.05) is 30.9 Å². The summed E-state index contributed by atoms with van der Waals surface area (Å²) in [6.45, 7) is 8.29. The largest absolute Gasteiger partial charge is 0.491 e. The van der Waals surface area contributed by atoms with Crippen molar-refractivity contribution in [1.29, 1.82) is 0 Å². The fourth-order valence-electron chi connectivity index (χ4n) is 4.57. The van der Waals surface area contributed by atoms with E-state index in [1.54, 1.807) is 4.68 Å². The van der Waals surface area contributed by atoms with Crippen LogP contribution in [-0.2, 0) is 34.0 Å². The van der Waals surface area contributed by atoms with Crippen molar-refractivity contribution in [2.45, 2.75) is 46.3 Å². The number of hydrogen-bond acceptors (Lipinski definition) is 6. The predicted molar refractivity (Wildman–Crippen MR) is 119 cm³/mol. The van der Waals surface area contributed by atoms with Gasteiger partial charge in [0, 0.05) is 24.3 Å². The zero-order valence-electron chi connectivity index (χ0n) is 19.2. The average molecular weight is 441 g/mol. The van der Waals surface area contributed by atoms with E-state index in [0.717, 1.165) is 55.2 Å². The Morgan fingerprint density at radius 2 is 1.94 bits per heavy atom. The van der Waals surface area contributed by atoms with Gasteiger partial charge in [-0.05, 0) is 63.5 Å². The summed E-state index contributed by atoms with van der Waals surface area (Å²) < 4.78 is 12.6. The van der Waals surface area contributed by atoms with Gasteiger partial charge in [-0.2, -0.15) is 5.10 Å². The van der Waals surface area contributed by atoms with Crippen molar-refractivity contribution in [3.63, 3.8) is 0 Å². The fourth-order valence-corrected chi connectivity index (χ4v) is 4.57. The topological polar surface area (TPSA) is 76.9 Å². The zero-order chi connectivity index (χ0) is 22.7. The Balaban J connectivity index is 1.39. The summed E-state index contributed by atoms with van der Waals surface area (Å²) in [6, 6.07) is 8.24. The van der Waals surface area contributed by atoms with Crippen LogP contribution in [0.3, 0.4) is 0 Å². The van der Waals surface area contributed by atoms with Crippen LogP contribution in [0.25, 0.3) is 0 Å². The summed E-state index contributed by atoms with van der Waals surface area (Å²) in [5, 5.41) is 4.42. The minimum absolute atomic E-state index is 0.0125. The van der Waals surface area contributed by atoms with Gasteiger partial charge in [-0.25, -0.2) is 0 Å². The van der Waals surface area contributed by atoms with Crippen LogP contribution in [0.2, 0.25) is 0 Å². The molecule has 32 heavy (non-hydrogen) atoms. The Kier molecular flexibility index (Phi) is 6.79. The van der Waals surface area contributed by atoms with Gasteiger partial charge in [0.2, 0.25) is 5.91 Å². The second-order valence-electron chi connectivity index (χ2n) is 8.76. The molecule has 172 valence electrons. The number of fused-ring (bicyclic) bond motifs is 1. The number of benzene rings is 1. The maximum absolute atomic E-state index is 13.0. The summed E-state index contributed by atoms with van der Waals surface area (Å²) in [7, 11) is 1.46. The van der Waals surface area contributed by atoms with Crippen LogP contribution < -0.4 is 4.74 Å². The number of nitrogens with zero attached hydrogens (tertiary/aromatic N) is 4. The Morgan fingerprint density at radius 3 is 2.62 bits per heavy atom. The molecule has 1 aromatic carbocycles. The Morgan fingerprint density at radius 1 is 1.16 bits per heavy atom. The van der Waals surface area contributed by atoms with Crippen molar-refractivity contribution in [2.24, 2.45) is 5.92 Å². The van der Waals surface area contributed by atoms with Gasteiger partial charge in [0.1, 0.15) is 18.9 Å². The van der Waals surface area contributed by atoms with Gasteiger partial charge in [-0.15, -0.1) is 0 Å². The summed E-state index contributed by atoms with van der Waals surface area (Å²) >= 11 is 0. The van der Waals surface area contributed by atoms with Gasteiger partial charge in [-0.1, -0.05) is 6.07 Å². The van der Waals surface area contributed by atoms with Crippen molar-refractivity contribution < 1.29 is 19.1 Å². The van der Waals surface area contributed by atoms with Crippen molar-refractivity contribution in [3.8, 4) is 5.75 Å². The zero-order valence-corrected chi connectivity index (χ0v) is 19.2. The number of methoxy groups -OCH3 is 1. The first-order valence-electron chi connectivity index (χ1n) is 11.3. The van der Waals surface area contributed by atoms with Crippen LogP contribution in [0.1, 0.15) is 35.4 Å². The third-order valence-electron chi connectivity index (χ3n) is 6.37. The van der Waals surface area contributed by atoms with Crippen LogP contribution in [0.4, 0.5) is 0 Å². The van der Waals surface area contributed by atoms with Crippen molar-refractivity contribution in [1.82, 2.24) is 19.6 Å². The van der Waals surface area contributed by atoms with Gasteiger partial charge in [-0.3, -0.25) is 19.2 Å². The standard InChI is InChI=1S/C24H32N4O4/c1-17-12-18(2)28(25-17)16-23(29)27-10-11-32-22-5-4-19(13-21(22)15-27)14-26-8-6-20(7-9-26)24(30)31-3/h4-5,12-13,20H,6-11,14-16H2,1-3H3. The van der Waals surface area contributed by atoms with Gasteiger partial charge >= 0.3 is 5.97 Å². The average Bonchev–Trinajstić information content (AvgIpc) is 2.97. The molecule has 0 N–H and O–H groups in total. The van der Waals surface area contributed by atoms with Crippen LogP contribution in [0, 0.1) is 19.8 Å². The number of likely N-dealkylation sites (tertiary alicyclic amines) is 1. The van der Waals surface area contributed by atoms with Crippen LogP contribution in [-0.4, -0.2) is 64.8 Å². The minimum atomic E-state index is -0.0999. The first-order chi connectivity index (χ1) is 15.4.